The van der Waals surface area contributed by atoms with Gasteiger partial charge in [-0.15, -0.1) is 0 Å². The lowest BCUT2D eigenvalue weighted by molar-refractivity contribution is -0.133. The minimum atomic E-state index is -0.639. The van der Waals surface area contributed by atoms with Gasteiger partial charge in [-0.1, -0.05) is 32.0 Å². The van der Waals surface area contributed by atoms with Crippen molar-refractivity contribution in [1.29, 1.82) is 0 Å². The Morgan fingerprint density at radius 1 is 1.07 bits per heavy atom. The van der Waals surface area contributed by atoms with Gasteiger partial charge in [-0.25, -0.2) is 14.8 Å². The Kier molecular flexibility index (Phi) is 8.94. The highest BCUT2D eigenvalue weighted by Crippen LogP contribution is 2.42. The van der Waals surface area contributed by atoms with Gasteiger partial charge in [0.2, 0.25) is 5.91 Å². The number of benzene rings is 3. The van der Waals surface area contributed by atoms with Crippen molar-refractivity contribution in [1.82, 2.24) is 35.1 Å². The normalized spacial score (nSPS) is 12.9. The highest BCUT2D eigenvalue weighted by Gasteiger charge is 2.23. The number of ether oxygens (including phenoxy) is 2. The fraction of sp³-hybridized carbons (Fsp3) is 0.371. The van der Waals surface area contributed by atoms with Crippen molar-refractivity contribution in [3.63, 3.8) is 0 Å². The standard InChI is InChI=1S/C35H41N7O4/c1-6-12-41(4)18-32-38-28-11-9-22-14-27-25-10-8-23(13-24(25)20-46-30(27)15-26(22)34(28)40-32)29-16-36-31(39-29)19-42(21(3)7-2)33(43)17-37-35(44)45-5/h8-11,13-16,21H,6-7,12,17-20H2,1-5H3,(H,36,39)(H,37,44)(H,38,40)/t21-/m0/s1. The fourth-order valence-corrected chi connectivity index (χ4v) is 6.08. The van der Waals surface area contributed by atoms with Gasteiger partial charge < -0.3 is 29.7 Å². The van der Waals surface area contributed by atoms with Gasteiger partial charge in [0, 0.05) is 17.0 Å². The van der Waals surface area contributed by atoms with Crippen LogP contribution >= 0.6 is 0 Å². The number of rotatable bonds is 11. The Bertz CT molecular complexity index is 1900. The number of imidazole rings is 2. The number of hydrogen-bond acceptors (Lipinski definition) is 7. The predicted molar refractivity (Wildman–Crippen MR) is 178 cm³/mol. The van der Waals surface area contributed by atoms with Gasteiger partial charge in [0.1, 0.15) is 30.5 Å². The van der Waals surface area contributed by atoms with E-state index in [4.69, 9.17) is 9.72 Å². The molecule has 1 atom stereocenters. The van der Waals surface area contributed by atoms with Gasteiger partial charge in [0.05, 0.1) is 43.1 Å². The first-order valence-electron chi connectivity index (χ1n) is 15.8. The van der Waals surface area contributed by atoms with E-state index in [0.717, 1.165) is 87.3 Å². The summed E-state index contributed by atoms with van der Waals surface area (Å²) in [5.74, 6) is 2.28. The molecule has 240 valence electrons. The largest absolute Gasteiger partial charge is 0.488 e. The number of hydrogen-bond donors (Lipinski definition) is 3. The molecular formula is C35H41N7O4. The topological polar surface area (TPSA) is 128 Å². The molecule has 11 heteroatoms. The number of carbonyl (C=O) groups excluding carboxylic acids is 2. The third-order valence-corrected chi connectivity index (χ3v) is 8.69. The van der Waals surface area contributed by atoms with Crippen LogP contribution in [0.1, 0.15) is 50.8 Å². The predicted octanol–water partition coefficient (Wildman–Crippen LogP) is 5.99. The van der Waals surface area contributed by atoms with Crippen LogP contribution in [0, 0.1) is 0 Å². The molecule has 2 aromatic heterocycles. The third-order valence-electron chi connectivity index (χ3n) is 8.69. The van der Waals surface area contributed by atoms with E-state index < -0.39 is 6.09 Å². The second-order valence-electron chi connectivity index (χ2n) is 12.0. The molecule has 1 aliphatic rings. The van der Waals surface area contributed by atoms with Crippen molar-refractivity contribution < 1.29 is 19.1 Å². The number of amides is 2. The quantitative estimate of drug-likeness (QED) is 0.165. The van der Waals surface area contributed by atoms with Crippen molar-refractivity contribution in [2.24, 2.45) is 0 Å². The van der Waals surface area contributed by atoms with Crippen molar-refractivity contribution in [3.05, 3.63) is 65.9 Å². The fourth-order valence-electron chi connectivity index (χ4n) is 6.08. The van der Waals surface area contributed by atoms with E-state index in [1.807, 2.05) is 13.8 Å². The monoisotopic (exact) mass is 623 g/mol. The zero-order chi connectivity index (χ0) is 32.4. The number of nitrogens with zero attached hydrogens (tertiary/aromatic N) is 4. The molecule has 0 fully saturated rings. The van der Waals surface area contributed by atoms with Crippen LogP contribution in [0.2, 0.25) is 0 Å². The summed E-state index contributed by atoms with van der Waals surface area (Å²) in [6.45, 7) is 8.59. The molecule has 5 aromatic rings. The molecule has 0 spiro atoms. The lowest BCUT2D eigenvalue weighted by Gasteiger charge is -2.28. The molecule has 3 N–H and O–H groups in total. The van der Waals surface area contributed by atoms with Gasteiger partial charge in [0.15, 0.2) is 0 Å². The Morgan fingerprint density at radius 2 is 1.91 bits per heavy atom. The van der Waals surface area contributed by atoms with Gasteiger partial charge in [-0.3, -0.25) is 9.69 Å². The molecule has 0 radical (unpaired) electrons. The maximum absolute atomic E-state index is 12.9. The summed E-state index contributed by atoms with van der Waals surface area (Å²) in [5, 5.41) is 4.67. The summed E-state index contributed by atoms with van der Waals surface area (Å²) in [6.07, 6.45) is 3.02. The minimum Gasteiger partial charge on any atom is -0.488 e. The number of alkyl carbamates (subject to hydrolysis) is 1. The summed E-state index contributed by atoms with van der Waals surface area (Å²) >= 11 is 0. The first-order chi connectivity index (χ1) is 22.3. The number of aromatic amines is 2. The van der Waals surface area contributed by atoms with Crippen LogP contribution in [0.4, 0.5) is 4.79 Å². The van der Waals surface area contributed by atoms with Crippen molar-refractivity contribution in [2.45, 2.75) is 59.4 Å². The highest BCUT2D eigenvalue weighted by atomic mass is 16.5. The van der Waals surface area contributed by atoms with Gasteiger partial charge in [-0.05, 0) is 79.7 Å². The summed E-state index contributed by atoms with van der Waals surface area (Å²) in [7, 11) is 3.39. The van der Waals surface area contributed by atoms with E-state index in [1.165, 1.54) is 7.11 Å². The van der Waals surface area contributed by atoms with E-state index in [9.17, 15) is 9.59 Å². The zero-order valence-electron chi connectivity index (χ0n) is 27.1. The molecule has 1 aliphatic heterocycles. The Morgan fingerprint density at radius 3 is 2.70 bits per heavy atom. The maximum atomic E-state index is 12.9. The summed E-state index contributed by atoms with van der Waals surface area (Å²) in [6, 6.07) is 14.9. The molecule has 3 heterocycles. The summed E-state index contributed by atoms with van der Waals surface area (Å²) < 4.78 is 10.9. The van der Waals surface area contributed by atoms with Crippen LogP contribution in [-0.2, 0) is 29.2 Å². The first-order valence-corrected chi connectivity index (χ1v) is 15.8. The molecule has 0 unspecified atom stereocenters. The molecule has 3 aromatic carbocycles. The molecule has 0 bridgehead atoms. The molecule has 0 saturated heterocycles. The molecular weight excluding hydrogens is 582 g/mol. The number of H-pyrrole nitrogens is 2. The molecule has 11 nitrogen and oxygen atoms in total. The van der Waals surface area contributed by atoms with Gasteiger partial charge >= 0.3 is 6.09 Å². The Balaban J connectivity index is 1.23. The average molecular weight is 624 g/mol. The Labute approximate surface area is 268 Å². The highest BCUT2D eigenvalue weighted by molar-refractivity contribution is 6.07. The van der Waals surface area contributed by atoms with Crippen LogP contribution in [0.3, 0.4) is 0 Å². The van der Waals surface area contributed by atoms with E-state index in [0.29, 0.717) is 19.0 Å². The molecule has 46 heavy (non-hydrogen) atoms. The summed E-state index contributed by atoms with van der Waals surface area (Å²) in [4.78, 5) is 44.8. The number of nitrogens with one attached hydrogen (secondary N) is 3. The number of methoxy groups -OCH3 is 1. The van der Waals surface area contributed by atoms with Crippen LogP contribution in [0.5, 0.6) is 5.75 Å². The summed E-state index contributed by atoms with van der Waals surface area (Å²) in [5.41, 5.74) is 7.13. The van der Waals surface area contributed by atoms with Crippen molar-refractivity contribution in [3.8, 4) is 28.1 Å². The maximum Gasteiger partial charge on any atom is 0.407 e. The zero-order valence-corrected chi connectivity index (χ0v) is 27.1. The number of aromatic nitrogens is 4. The molecule has 0 saturated carbocycles. The van der Waals surface area contributed by atoms with E-state index in [-0.39, 0.29) is 18.5 Å². The minimum absolute atomic E-state index is 0.0313. The van der Waals surface area contributed by atoms with Crippen LogP contribution in [0.25, 0.3) is 44.2 Å². The SMILES string of the molecule is CCCN(C)Cc1nc2c(ccc3cc4c(cc32)OCc2cc(-c3cnc(CN(C(=O)CNC(=O)OC)[C@@H](C)CC)[nH]3)ccc2-4)[nH]1. The van der Waals surface area contributed by atoms with Crippen molar-refractivity contribution in [2.75, 3.05) is 27.2 Å². The van der Waals surface area contributed by atoms with Gasteiger partial charge in [-0.2, -0.15) is 0 Å². The molecule has 2 amide bonds. The lowest BCUT2D eigenvalue weighted by atomic mass is 9.92. The number of fused-ring (bicyclic) bond motifs is 6. The Hall–Kier alpha value is -4.90. The second-order valence-corrected chi connectivity index (χ2v) is 12.0. The smallest absolute Gasteiger partial charge is 0.407 e. The number of carbonyl (C=O) groups is 2. The van der Waals surface area contributed by atoms with Crippen molar-refractivity contribution >= 4 is 33.8 Å². The first kappa shape index (κ1) is 31.1. The third kappa shape index (κ3) is 6.28. The van der Waals surface area contributed by atoms with E-state index in [2.05, 4.69) is 86.3 Å². The van der Waals surface area contributed by atoms with Gasteiger partial charge in [0.25, 0.3) is 0 Å². The average Bonchev–Trinajstić information content (AvgIpc) is 3.71. The van der Waals surface area contributed by atoms with Crippen LogP contribution < -0.4 is 10.1 Å². The van der Waals surface area contributed by atoms with E-state index >= 15 is 0 Å². The lowest BCUT2D eigenvalue weighted by Crippen LogP contribution is -2.44. The molecule has 0 aliphatic carbocycles. The van der Waals surface area contributed by atoms with E-state index in [1.54, 1.807) is 11.1 Å². The van der Waals surface area contributed by atoms with Crippen LogP contribution in [-0.4, -0.2) is 75.0 Å². The van der Waals surface area contributed by atoms with Crippen LogP contribution in [0.15, 0.2) is 48.7 Å². The second kappa shape index (κ2) is 13.2. The molecule has 6 rings (SSSR count).